The molecule has 4 aromatic heterocycles. The van der Waals surface area contributed by atoms with Crippen molar-refractivity contribution in [1.29, 1.82) is 0 Å². The molecule has 5 rings (SSSR count). The van der Waals surface area contributed by atoms with Crippen LogP contribution in [0.3, 0.4) is 0 Å². The molecule has 0 bridgehead atoms. The SMILES string of the molecule is COCCN(Cc1ccc(-c2cc3nccc(Oc4ccc(NC(=O)NC5CC5)nc4)c3s2)nc1)C(C=O)OC(C)=O. The highest BCUT2D eigenvalue weighted by atomic mass is 32.1. The summed E-state index contributed by atoms with van der Waals surface area (Å²) in [5.74, 6) is 1.04. The van der Waals surface area contributed by atoms with E-state index in [2.05, 4.69) is 25.6 Å². The van der Waals surface area contributed by atoms with Gasteiger partial charge in [0.05, 0.1) is 33.6 Å². The van der Waals surface area contributed by atoms with Crippen molar-refractivity contribution in [2.24, 2.45) is 0 Å². The van der Waals surface area contributed by atoms with E-state index in [-0.39, 0.29) is 12.1 Å². The fourth-order valence-electron chi connectivity index (χ4n) is 4.09. The van der Waals surface area contributed by atoms with Crippen LogP contribution in [0.2, 0.25) is 0 Å². The van der Waals surface area contributed by atoms with Crippen LogP contribution in [-0.4, -0.2) is 70.7 Å². The molecule has 0 aliphatic heterocycles. The summed E-state index contributed by atoms with van der Waals surface area (Å²) in [4.78, 5) is 51.0. The minimum absolute atomic E-state index is 0.261. The minimum Gasteiger partial charge on any atom is -0.454 e. The number of carbonyl (C=O) groups is 3. The van der Waals surface area contributed by atoms with Gasteiger partial charge in [0.15, 0.2) is 6.29 Å². The Bertz CT molecular complexity index is 1540. The molecule has 1 aliphatic carbocycles. The Labute approximate surface area is 246 Å². The number of esters is 1. The molecule has 218 valence electrons. The average molecular weight is 591 g/mol. The number of amides is 2. The molecule has 2 amide bonds. The Balaban J connectivity index is 1.27. The highest BCUT2D eigenvalue weighted by Gasteiger charge is 2.23. The maximum absolute atomic E-state index is 11.9. The molecule has 1 aliphatic rings. The van der Waals surface area contributed by atoms with E-state index in [4.69, 9.17) is 14.2 Å². The van der Waals surface area contributed by atoms with Crippen molar-refractivity contribution in [2.75, 3.05) is 25.6 Å². The predicted molar refractivity (Wildman–Crippen MR) is 156 cm³/mol. The largest absolute Gasteiger partial charge is 0.454 e. The number of carbonyl (C=O) groups excluding carboxylic acids is 3. The second-order valence-electron chi connectivity index (χ2n) is 9.64. The van der Waals surface area contributed by atoms with Gasteiger partial charge >= 0.3 is 12.0 Å². The van der Waals surface area contributed by atoms with Crippen molar-refractivity contribution in [3.8, 4) is 22.1 Å². The van der Waals surface area contributed by atoms with Gasteiger partial charge in [-0.1, -0.05) is 6.07 Å². The van der Waals surface area contributed by atoms with Crippen LogP contribution >= 0.6 is 11.3 Å². The summed E-state index contributed by atoms with van der Waals surface area (Å²) in [5.41, 5.74) is 2.36. The third-order valence-electron chi connectivity index (χ3n) is 6.30. The maximum Gasteiger partial charge on any atom is 0.320 e. The van der Waals surface area contributed by atoms with Crippen molar-refractivity contribution in [1.82, 2.24) is 25.2 Å². The number of hydrogen-bond donors (Lipinski definition) is 2. The monoisotopic (exact) mass is 590 g/mol. The van der Waals surface area contributed by atoms with Gasteiger partial charge in [-0.3, -0.25) is 29.8 Å². The lowest BCUT2D eigenvalue weighted by molar-refractivity contribution is -0.161. The lowest BCUT2D eigenvalue weighted by atomic mass is 10.2. The van der Waals surface area contributed by atoms with Crippen molar-refractivity contribution in [3.05, 3.63) is 60.6 Å². The highest BCUT2D eigenvalue weighted by Crippen LogP contribution is 2.38. The number of anilines is 1. The van der Waals surface area contributed by atoms with Gasteiger partial charge in [-0.15, -0.1) is 11.3 Å². The van der Waals surface area contributed by atoms with E-state index in [9.17, 15) is 14.4 Å². The topological polar surface area (TPSA) is 145 Å². The first-order chi connectivity index (χ1) is 20.4. The standard InChI is InChI=1S/C29H30N6O6S/c1-18(37)40-27(17-36)35(11-12-39-2)16-19-3-7-22(31-14-19)25-13-23-28(42-25)24(9-10-30-23)41-21-6-8-26(32-15-21)34-29(38)33-20-4-5-20/h3,6-10,13-15,17,20,27H,4-5,11-12,16H2,1-2H3,(H2,32,33,34,38). The van der Waals surface area contributed by atoms with E-state index in [1.54, 1.807) is 48.8 Å². The molecule has 0 aromatic carbocycles. The number of methoxy groups -OCH3 is 1. The summed E-state index contributed by atoms with van der Waals surface area (Å²) in [6, 6.07) is 11.0. The molecule has 0 spiro atoms. The van der Waals surface area contributed by atoms with Crippen molar-refractivity contribution >= 4 is 45.7 Å². The van der Waals surface area contributed by atoms with Crippen molar-refractivity contribution < 1.29 is 28.6 Å². The molecule has 0 saturated heterocycles. The van der Waals surface area contributed by atoms with E-state index in [1.807, 2.05) is 18.2 Å². The lowest BCUT2D eigenvalue weighted by Crippen LogP contribution is -2.41. The van der Waals surface area contributed by atoms with Gasteiger partial charge in [0, 0.05) is 51.6 Å². The van der Waals surface area contributed by atoms with E-state index >= 15 is 0 Å². The molecule has 1 saturated carbocycles. The first-order valence-electron chi connectivity index (χ1n) is 13.3. The number of ether oxygens (including phenoxy) is 3. The van der Waals surface area contributed by atoms with Crippen LogP contribution < -0.4 is 15.4 Å². The minimum atomic E-state index is -1.01. The molecule has 1 unspecified atom stereocenters. The molecule has 4 aromatic rings. The van der Waals surface area contributed by atoms with Gasteiger partial charge < -0.3 is 19.5 Å². The molecular formula is C29H30N6O6S. The van der Waals surface area contributed by atoms with E-state index < -0.39 is 12.2 Å². The van der Waals surface area contributed by atoms with Crippen LogP contribution in [0.1, 0.15) is 25.3 Å². The summed E-state index contributed by atoms with van der Waals surface area (Å²) in [7, 11) is 1.56. The molecular weight excluding hydrogens is 560 g/mol. The fourth-order valence-corrected chi connectivity index (χ4v) is 5.13. The summed E-state index contributed by atoms with van der Waals surface area (Å²) in [6.45, 7) is 2.36. The van der Waals surface area contributed by atoms with Gasteiger partial charge in [0.25, 0.3) is 0 Å². The summed E-state index contributed by atoms with van der Waals surface area (Å²) in [5, 5.41) is 5.58. The van der Waals surface area contributed by atoms with Gasteiger partial charge in [-0.25, -0.2) is 9.78 Å². The molecule has 0 radical (unpaired) electrons. The first-order valence-corrected chi connectivity index (χ1v) is 14.1. The second kappa shape index (κ2) is 13.5. The molecule has 42 heavy (non-hydrogen) atoms. The predicted octanol–water partition coefficient (Wildman–Crippen LogP) is 4.37. The fraction of sp³-hybridized carbons (Fsp3) is 0.310. The number of nitrogens with one attached hydrogen (secondary N) is 2. The Hall–Kier alpha value is -4.46. The Kier molecular flexibility index (Phi) is 9.31. The number of hydrogen-bond acceptors (Lipinski definition) is 11. The third-order valence-corrected chi connectivity index (χ3v) is 7.46. The first kappa shape index (κ1) is 29.0. The molecule has 2 N–H and O–H groups in total. The zero-order chi connectivity index (χ0) is 29.5. The number of pyridine rings is 3. The average Bonchev–Trinajstić information content (AvgIpc) is 3.68. The normalized spacial score (nSPS) is 13.5. The Morgan fingerprint density at radius 3 is 2.67 bits per heavy atom. The number of aldehydes is 1. The van der Waals surface area contributed by atoms with E-state index in [0.29, 0.717) is 43.3 Å². The van der Waals surface area contributed by atoms with Gasteiger partial charge in [0.2, 0.25) is 6.23 Å². The molecule has 1 atom stereocenters. The molecule has 1 fully saturated rings. The third kappa shape index (κ3) is 7.63. The van der Waals surface area contributed by atoms with Crippen LogP contribution in [0.15, 0.2) is 55.0 Å². The van der Waals surface area contributed by atoms with Gasteiger partial charge in [-0.05, 0) is 42.7 Å². The number of urea groups is 1. The lowest BCUT2D eigenvalue weighted by Gasteiger charge is -2.26. The summed E-state index contributed by atoms with van der Waals surface area (Å²) in [6.07, 6.45) is 6.56. The smallest absolute Gasteiger partial charge is 0.320 e. The van der Waals surface area contributed by atoms with Crippen molar-refractivity contribution in [2.45, 2.75) is 38.6 Å². The van der Waals surface area contributed by atoms with Crippen LogP contribution in [0.5, 0.6) is 11.5 Å². The number of nitrogens with zero attached hydrogens (tertiary/aromatic N) is 4. The molecule has 4 heterocycles. The number of rotatable bonds is 13. The zero-order valence-electron chi connectivity index (χ0n) is 23.1. The zero-order valence-corrected chi connectivity index (χ0v) is 23.9. The molecule has 12 nitrogen and oxygen atoms in total. The summed E-state index contributed by atoms with van der Waals surface area (Å²) >= 11 is 1.50. The highest BCUT2D eigenvalue weighted by molar-refractivity contribution is 7.22. The van der Waals surface area contributed by atoms with Crippen molar-refractivity contribution in [3.63, 3.8) is 0 Å². The van der Waals surface area contributed by atoms with E-state index in [0.717, 1.165) is 39.2 Å². The van der Waals surface area contributed by atoms with Crippen LogP contribution in [0.4, 0.5) is 10.6 Å². The Morgan fingerprint density at radius 1 is 1.14 bits per heavy atom. The number of thiophene rings is 1. The summed E-state index contributed by atoms with van der Waals surface area (Å²) < 4.78 is 17.3. The van der Waals surface area contributed by atoms with E-state index in [1.165, 1.54) is 18.3 Å². The van der Waals surface area contributed by atoms with Gasteiger partial charge in [0.1, 0.15) is 17.3 Å². The number of fused-ring (bicyclic) bond motifs is 1. The van der Waals surface area contributed by atoms with Gasteiger partial charge in [-0.2, -0.15) is 0 Å². The van der Waals surface area contributed by atoms with Crippen LogP contribution in [0.25, 0.3) is 20.8 Å². The quantitative estimate of drug-likeness (QED) is 0.131. The Morgan fingerprint density at radius 2 is 2.00 bits per heavy atom. The van der Waals surface area contributed by atoms with Crippen LogP contribution in [-0.2, 0) is 25.6 Å². The van der Waals surface area contributed by atoms with Crippen LogP contribution in [0, 0.1) is 0 Å². The molecule has 13 heteroatoms. The maximum atomic E-state index is 11.9. The second-order valence-corrected chi connectivity index (χ2v) is 10.7. The number of aromatic nitrogens is 3.